The summed E-state index contributed by atoms with van der Waals surface area (Å²) < 4.78 is 15.7. The Hall–Kier alpha value is -3.06. The predicted octanol–water partition coefficient (Wildman–Crippen LogP) is 3.28. The molecule has 0 saturated heterocycles. The van der Waals surface area contributed by atoms with Gasteiger partial charge < -0.3 is 19.5 Å². The Morgan fingerprint density at radius 1 is 1.18 bits per heavy atom. The Balaban J connectivity index is 1.69. The molecule has 2 aromatic carbocycles. The minimum atomic E-state index is -0.713. The van der Waals surface area contributed by atoms with Crippen LogP contribution >= 0.6 is 11.6 Å². The van der Waals surface area contributed by atoms with E-state index in [1.54, 1.807) is 25.1 Å². The van der Waals surface area contributed by atoms with E-state index in [1.165, 1.54) is 19.2 Å². The van der Waals surface area contributed by atoms with Crippen LogP contribution in [0.4, 0.5) is 5.69 Å². The third-order valence-electron chi connectivity index (χ3n) is 4.14. The Labute approximate surface area is 166 Å². The maximum absolute atomic E-state index is 12.3. The molecule has 0 bridgehead atoms. The summed E-state index contributed by atoms with van der Waals surface area (Å²) in [5.74, 6) is -0.578. The maximum atomic E-state index is 12.3. The molecule has 0 saturated carbocycles. The van der Waals surface area contributed by atoms with Crippen molar-refractivity contribution in [2.75, 3.05) is 25.6 Å². The van der Waals surface area contributed by atoms with Gasteiger partial charge in [0, 0.05) is 11.3 Å². The van der Waals surface area contributed by atoms with Gasteiger partial charge in [-0.15, -0.1) is 0 Å². The van der Waals surface area contributed by atoms with E-state index in [0.29, 0.717) is 29.4 Å². The van der Waals surface area contributed by atoms with E-state index in [-0.39, 0.29) is 28.7 Å². The van der Waals surface area contributed by atoms with Crippen molar-refractivity contribution >= 4 is 34.9 Å². The first-order valence-electron chi connectivity index (χ1n) is 8.56. The second kappa shape index (κ2) is 8.31. The average molecular weight is 404 g/mol. The summed E-state index contributed by atoms with van der Waals surface area (Å²) in [7, 11) is 1.43. The second-order valence-electron chi connectivity index (χ2n) is 6.02. The van der Waals surface area contributed by atoms with Gasteiger partial charge in [0.05, 0.1) is 30.7 Å². The van der Waals surface area contributed by atoms with Crippen LogP contribution in [0.2, 0.25) is 5.02 Å². The van der Waals surface area contributed by atoms with E-state index in [9.17, 15) is 14.4 Å². The number of methoxy groups -OCH3 is 1. The van der Waals surface area contributed by atoms with Crippen LogP contribution in [0.3, 0.4) is 0 Å². The van der Waals surface area contributed by atoms with Crippen molar-refractivity contribution in [3.63, 3.8) is 0 Å². The number of carbonyl (C=O) groups excluding carboxylic acids is 3. The lowest BCUT2D eigenvalue weighted by atomic mass is 10.1. The molecule has 1 aliphatic heterocycles. The quantitative estimate of drug-likeness (QED) is 0.563. The number of ether oxygens (including phenoxy) is 3. The Morgan fingerprint density at radius 3 is 2.68 bits per heavy atom. The standard InChI is InChI=1S/C20H18ClNO6/c1-3-27-19-14(21)7-13(8-17(19)26-2)20(25)28-10-16(23)11-4-5-15-12(6-11)9-18(24)22-15/h4-8H,3,9-10H2,1-2H3,(H,22,24). The van der Waals surface area contributed by atoms with Crippen LogP contribution < -0.4 is 14.8 Å². The number of halogens is 1. The molecule has 0 aliphatic carbocycles. The third-order valence-corrected chi connectivity index (χ3v) is 4.42. The topological polar surface area (TPSA) is 90.9 Å². The first-order valence-corrected chi connectivity index (χ1v) is 8.94. The summed E-state index contributed by atoms with van der Waals surface area (Å²) in [5.41, 5.74) is 1.94. The molecule has 2 aromatic rings. The Bertz CT molecular complexity index is 956. The lowest BCUT2D eigenvalue weighted by Crippen LogP contribution is -2.14. The number of amides is 1. The summed E-state index contributed by atoms with van der Waals surface area (Å²) in [6, 6.07) is 7.70. The number of Topliss-reactive ketones (excluding diaryl/α,β-unsaturated/α-hetero) is 1. The fourth-order valence-corrected chi connectivity index (χ4v) is 3.09. The highest BCUT2D eigenvalue weighted by Gasteiger charge is 2.21. The number of nitrogens with one attached hydrogen (secondary N) is 1. The number of carbonyl (C=O) groups is 3. The van der Waals surface area contributed by atoms with E-state index in [0.717, 1.165) is 5.56 Å². The molecule has 0 fully saturated rings. The number of anilines is 1. The molecule has 0 atom stereocenters. The molecule has 146 valence electrons. The number of esters is 1. The summed E-state index contributed by atoms with van der Waals surface area (Å²) in [6.45, 7) is 1.75. The zero-order valence-electron chi connectivity index (χ0n) is 15.3. The fourth-order valence-electron chi connectivity index (χ4n) is 2.82. The molecule has 0 aromatic heterocycles. The van der Waals surface area contributed by atoms with Crippen molar-refractivity contribution in [1.82, 2.24) is 0 Å². The molecule has 1 N–H and O–H groups in total. The molecule has 8 heteroatoms. The van der Waals surface area contributed by atoms with E-state index in [1.807, 2.05) is 0 Å². The molecule has 0 unspecified atom stereocenters. The number of fused-ring (bicyclic) bond motifs is 1. The smallest absolute Gasteiger partial charge is 0.338 e. The van der Waals surface area contributed by atoms with Gasteiger partial charge in [0.15, 0.2) is 23.9 Å². The number of hydrogen-bond acceptors (Lipinski definition) is 6. The van der Waals surface area contributed by atoms with Crippen LogP contribution in [-0.2, 0) is 16.0 Å². The normalized spacial score (nSPS) is 12.2. The number of benzene rings is 2. The molecule has 0 radical (unpaired) electrons. The lowest BCUT2D eigenvalue weighted by Gasteiger charge is -2.13. The molecule has 0 spiro atoms. The van der Waals surface area contributed by atoms with Crippen molar-refractivity contribution in [2.45, 2.75) is 13.3 Å². The summed E-state index contributed by atoms with van der Waals surface area (Å²) in [4.78, 5) is 36.1. The average Bonchev–Trinajstić information content (AvgIpc) is 3.06. The van der Waals surface area contributed by atoms with Crippen LogP contribution in [-0.4, -0.2) is 38.0 Å². The molecule has 3 rings (SSSR count). The van der Waals surface area contributed by atoms with Crippen LogP contribution in [0.15, 0.2) is 30.3 Å². The van der Waals surface area contributed by atoms with E-state index < -0.39 is 12.6 Å². The zero-order valence-corrected chi connectivity index (χ0v) is 16.1. The zero-order chi connectivity index (χ0) is 20.3. The minimum absolute atomic E-state index is 0.118. The Morgan fingerprint density at radius 2 is 1.96 bits per heavy atom. The van der Waals surface area contributed by atoms with Gasteiger partial charge in [-0.05, 0) is 42.8 Å². The van der Waals surface area contributed by atoms with Crippen molar-refractivity contribution < 1.29 is 28.6 Å². The predicted molar refractivity (Wildman–Crippen MR) is 103 cm³/mol. The number of ketones is 1. The van der Waals surface area contributed by atoms with Gasteiger partial charge in [-0.3, -0.25) is 9.59 Å². The van der Waals surface area contributed by atoms with Gasteiger partial charge in [-0.2, -0.15) is 0 Å². The van der Waals surface area contributed by atoms with Gasteiger partial charge in [0.2, 0.25) is 5.91 Å². The van der Waals surface area contributed by atoms with Crippen LogP contribution in [0.25, 0.3) is 0 Å². The van der Waals surface area contributed by atoms with Gasteiger partial charge in [-0.1, -0.05) is 11.6 Å². The molecular weight excluding hydrogens is 386 g/mol. The number of rotatable bonds is 7. The van der Waals surface area contributed by atoms with E-state index in [2.05, 4.69) is 5.32 Å². The molecule has 1 heterocycles. The van der Waals surface area contributed by atoms with Crippen LogP contribution in [0.5, 0.6) is 11.5 Å². The summed E-state index contributed by atoms with van der Waals surface area (Å²) in [6.07, 6.45) is 0.223. The van der Waals surface area contributed by atoms with E-state index in [4.69, 9.17) is 25.8 Å². The molecular formula is C20H18ClNO6. The van der Waals surface area contributed by atoms with Gasteiger partial charge >= 0.3 is 5.97 Å². The largest absolute Gasteiger partial charge is 0.493 e. The monoisotopic (exact) mass is 403 g/mol. The van der Waals surface area contributed by atoms with Crippen molar-refractivity contribution in [3.8, 4) is 11.5 Å². The number of hydrogen-bond donors (Lipinski definition) is 1. The third kappa shape index (κ3) is 4.09. The van der Waals surface area contributed by atoms with Crippen molar-refractivity contribution in [1.29, 1.82) is 0 Å². The SMILES string of the molecule is CCOc1c(Cl)cc(C(=O)OCC(=O)c2ccc3c(c2)CC(=O)N3)cc1OC. The molecule has 28 heavy (non-hydrogen) atoms. The fraction of sp³-hybridized carbons (Fsp3) is 0.250. The molecule has 7 nitrogen and oxygen atoms in total. The maximum Gasteiger partial charge on any atom is 0.338 e. The highest BCUT2D eigenvalue weighted by atomic mass is 35.5. The van der Waals surface area contributed by atoms with Gasteiger partial charge in [0.25, 0.3) is 0 Å². The molecule has 1 amide bonds. The summed E-state index contributed by atoms with van der Waals surface area (Å²) in [5, 5.41) is 2.90. The first kappa shape index (κ1) is 19.7. The highest BCUT2D eigenvalue weighted by Crippen LogP contribution is 2.36. The van der Waals surface area contributed by atoms with Crippen LogP contribution in [0, 0.1) is 0 Å². The van der Waals surface area contributed by atoms with Crippen molar-refractivity contribution in [2.24, 2.45) is 0 Å². The van der Waals surface area contributed by atoms with Gasteiger partial charge in [0.1, 0.15) is 0 Å². The van der Waals surface area contributed by atoms with Crippen molar-refractivity contribution in [3.05, 3.63) is 52.0 Å². The molecule has 1 aliphatic rings. The minimum Gasteiger partial charge on any atom is -0.493 e. The highest BCUT2D eigenvalue weighted by molar-refractivity contribution is 6.32. The van der Waals surface area contributed by atoms with Gasteiger partial charge in [-0.25, -0.2) is 4.79 Å². The summed E-state index contributed by atoms with van der Waals surface area (Å²) >= 11 is 6.15. The first-order chi connectivity index (χ1) is 13.4. The lowest BCUT2D eigenvalue weighted by molar-refractivity contribution is -0.115. The van der Waals surface area contributed by atoms with Crippen LogP contribution in [0.1, 0.15) is 33.2 Å². The Kier molecular flexibility index (Phi) is 5.84. The second-order valence-corrected chi connectivity index (χ2v) is 6.43. The van der Waals surface area contributed by atoms with E-state index >= 15 is 0 Å².